The lowest BCUT2D eigenvalue weighted by atomic mass is 10.2. The topological polar surface area (TPSA) is 118 Å². The molecule has 140 valence electrons. The van der Waals surface area contributed by atoms with E-state index in [1.54, 1.807) is 17.0 Å². The molecular weight excluding hydrogens is 354 g/mol. The Morgan fingerprint density at radius 2 is 1.89 bits per heavy atom. The normalized spacial score (nSPS) is 13.3. The van der Waals surface area contributed by atoms with Crippen LogP contribution in [0, 0.1) is 0 Å². The molecule has 1 aromatic heterocycles. The number of hydrazine groups is 1. The molecule has 1 saturated heterocycles. The first kappa shape index (κ1) is 18.2. The number of furan rings is 1. The largest absolute Gasteiger partial charge is 0.459 e. The molecule has 1 aliphatic heterocycles. The summed E-state index contributed by atoms with van der Waals surface area (Å²) in [5.74, 6) is -1.95. The summed E-state index contributed by atoms with van der Waals surface area (Å²) < 4.78 is 9.76. The van der Waals surface area contributed by atoms with Gasteiger partial charge in [0, 0.05) is 18.7 Å². The Hall–Kier alpha value is -3.62. The van der Waals surface area contributed by atoms with Crippen molar-refractivity contribution >= 4 is 29.4 Å². The summed E-state index contributed by atoms with van der Waals surface area (Å²) >= 11 is 0. The number of nitrogens with zero attached hydrogens (tertiary/aromatic N) is 1. The number of hydrogen-bond donors (Lipinski definition) is 2. The van der Waals surface area contributed by atoms with Crippen molar-refractivity contribution < 1.29 is 28.3 Å². The van der Waals surface area contributed by atoms with Crippen molar-refractivity contribution in [1.29, 1.82) is 0 Å². The lowest BCUT2D eigenvalue weighted by Gasteiger charge is -2.15. The maximum absolute atomic E-state index is 12.0. The molecule has 9 nitrogen and oxygen atoms in total. The second kappa shape index (κ2) is 8.17. The van der Waals surface area contributed by atoms with E-state index in [0.29, 0.717) is 18.7 Å². The van der Waals surface area contributed by atoms with Crippen LogP contribution < -0.4 is 15.8 Å². The predicted molar refractivity (Wildman–Crippen MR) is 92.6 cm³/mol. The van der Waals surface area contributed by atoms with Crippen LogP contribution in [0.15, 0.2) is 47.1 Å². The van der Waals surface area contributed by atoms with Crippen LogP contribution >= 0.6 is 0 Å². The SMILES string of the molecule is O=C(COC(=O)c1ccc(N2CCCC2=O)cc1)NNC(=O)c1ccco1. The Balaban J connectivity index is 1.45. The first-order valence-electron chi connectivity index (χ1n) is 8.25. The second-order valence-corrected chi connectivity index (χ2v) is 5.75. The van der Waals surface area contributed by atoms with Crippen molar-refractivity contribution in [2.45, 2.75) is 12.8 Å². The molecule has 0 spiro atoms. The summed E-state index contributed by atoms with van der Waals surface area (Å²) in [4.78, 5) is 48.6. The van der Waals surface area contributed by atoms with Gasteiger partial charge in [-0.1, -0.05) is 0 Å². The quantitative estimate of drug-likeness (QED) is 0.599. The molecular formula is C18H17N3O6. The fraction of sp³-hybridized carbons (Fsp3) is 0.222. The van der Waals surface area contributed by atoms with Crippen molar-refractivity contribution in [2.75, 3.05) is 18.1 Å². The van der Waals surface area contributed by atoms with E-state index in [1.807, 2.05) is 0 Å². The molecule has 27 heavy (non-hydrogen) atoms. The first-order chi connectivity index (χ1) is 13.0. The average molecular weight is 371 g/mol. The zero-order chi connectivity index (χ0) is 19.2. The molecule has 0 atom stereocenters. The molecule has 2 N–H and O–H groups in total. The molecule has 1 aromatic carbocycles. The minimum absolute atomic E-state index is 0.0314. The molecule has 3 rings (SSSR count). The van der Waals surface area contributed by atoms with Crippen molar-refractivity contribution in [3.05, 3.63) is 54.0 Å². The van der Waals surface area contributed by atoms with Crippen molar-refractivity contribution in [2.24, 2.45) is 0 Å². The number of hydrogen-bond acceptors (Lipinski definition) is 6. The van der Waals surface area contributed by atoms with E-state index >= 15 is 0 Å². The number of benzene rings is 1. The summed E-state index contributed by atoms with van der Waals surface area (Å²) in [6.45, 7) is 0.0934. The second-order valence-electron chi connectivity index (χ2n) is 5.75. The maximum atomic E-state index is 12.0. The molecule has 2 aromatic rings. The number of carbonyl (C=O) groups excluding carboxylic acids is 4. The van der Waals surface area contributed by atoms with Crippen molar-refractivity contribution in [3.63, 3.8) is 0 Å². The molecule has 1 aliphatic rings. The minimum atomic E-state index is -0.706. The highest BCUT2D eigenvalue weighted by Crippen LogP contribution is 2.21. The van der Waals surface area contributed by atoms with Crippen LogP contribution in [-0.2, 0) is 14.3 Å². The van der Waals surface area contributed by atoms with Gasteiger partial charge in [0.25, 0.3) is 5.91 Å². The maximum Gasteiger partial charge on any atom is 0.338 e. The molecule has 0 aliphatic carbocycles. The van der Waals surface area contributed by atoms with Gasteiger partial charge in [0.1, 0.15) is 0 Å². The Morgan fingerprint density at radius 1 is 1.11 bits per heavy atom. The van der Waals surface area contributed by atoms with E-state index in [4.69, 9.17) is 9.15 Å². The van der Waals surface area contributed by atoms with Crippen LogP contribution in [0.5, 0.6) is 0 Å². The third kappa shape index (κ3) is 4.51. The van der Waals surface area contributed by atoms with Crippen molar-refractivity contribution in [3.8, 4) is 0 Å². The monoisotopic (exact) mass is 371 g/mol. The molecule has 1 fully saturated rings. The third-order valence-electron chi connectivity index (χ3n) is 3.88. The van der Waals surface area contributed by atoms with Gasteiger partial charge in [0.15, 0.2) is 12.4 Å². The van der Waals surface area contributed by atoms with Gasteiger partial charge in [-0.3, -0.25) is 25.2 Å². The Bertz CT molecular complexity index is 844. The van der Waals surface area contributed by atoms with Crippen LogP contribution in [0.1, 0.15) is 33.8 Å². The van der Waals surface area contributed by atoms with Crippen molar-refractivity contribution in [1.82, 2.24) is 10.9 Å². The van der Waals surface area contributed by atoms with Crippen LogP contribution in [0.4, 0.5) is 5.69 Å². The highest BCUT2D eigenvalue weighted by molar-refractivity contribution is 5.97. The van der Waals surface area contributed by atoms with Gasteiger partial charge in [-0.25, -0.2) is 4.79 Å². The van der Waals surface area contributed by atoms with Gasteiger partial charge in [-0.05, 0) is 42.8 Å². The molecule has 0 saturated carbocycles. The van der Waals surface area contributed by atoms with Gasteiger partial charge in [0.2, 0.25) is 5.91 Å². The average Bonchev–Trinajstić information content (AvgIpc) is 3.36. The van der Waals surface area contributed by atoms with E-state index in [9.17, 15) is 19.2 Å². The number of ether oxygens (including phenoxy) is 1. The first-order valence-corrected chi connectivity index (χ1v) is 8.25. The molecule has 2 heterocycles. The third-order valence-corrected chi connectivity index (χ3v) is 3.88. The molecule has 0 radical (unpaired) electrons. The Kier molecular flexibility index (Phi) is 5.50. The number of rotatable bonds is 5. The highest BCUT2D eigenvalue weighted by Gasteiger charge is 2.22. The molecule has 9 heteroatoms. The Labute approximate surface area is 154 Å². The van der Waals surface area contributed by atoms with Gasteiger partial charge < -0.3 is 14.1 Å². The smallest absolute Gasteiger partial charge is 0.338 e. The van der Waals surface area contributed by atoms with E-state index in [-0.39, 0.29) is 17.2 Å². The van der Waals surface area contributed by atoms with Gasteiger partial charge in [0.05, 0.1) is 11.8 Å². The number of esters is 1. The van der Waals surface area contributed by atoms with Gasteiger partial charge in [-0.2, -0.15) is 0 Å². The predicted octanol–water partition coefficient (Wildman–Crippen LogP) is 1.02. The standard InChI is InChI=1S/C18H17N3O6/c22-15(19-20-17(24)14-3-2-10-26-14)11-27-18(25)12-5-7-13(8-6-12)21-9-1-4-16(21)23/h2-3,5-8,10H,1,4,9,11H2,(H,19,22)(H,20,24). The number of amides is 3. The number of carbonyl (C=O) groups is 4. The summed E-state index contributed by atoms with van der Waals surface area (Å²) in [5, 5.41) is 0. The molecule has 0 bridgehead atoms. The minimum Gasteiger partial charge on any atom is -0.459 e. The van der Waals surface area contributed by atoms with Crippen LogP contribution in [0.2, 0.25) is 0 Å². The lowest BCUT2D eigenvalue weighted by molar-refractivity contribution is -0.125. The summed E-state index contributed by atoms with van der Waals surface area (Å²) in [5.41, 5.74) is 5.20. The summed E-state index contributed by atoms with van der Waals surface area (Å²) in [6, 6.07) is 9.33. The summed E-state index contributed by atoms with van der Waals surface area (Å²) in [6.07, 6.45) is 2.66. The highest BCUT2D eigenvalue weighted by atomic mass is 16.5. The zero-order valence-electron chi connectivity index (χ0n) is 14.3. The van der Waals surface area contributed by atoms with Crippen LogP contribution in [0.25, 0.3) is 0 Å². The fourth-order valence-corrected chi connectivity index (χ4v) is 2.54. The lowest BCUT2D eigenvalue weighted by Crippen LogP contribution is -2.43. The number of nitrogens with one attached hydrogen (secondary N) is 2. The van der Waals surface area contributed by atoms with Gasteiger partial charge in [-0.15, -0.1) is 0 Å². The van der Waals surface area contributed by atoms with Crippen LogP contribution in [0.3, 0.4) is 0 Å². The molecule has 3 amide bonds. The summed E-state index contributed by atoms with van der Waals surface area (Å²) in [7, 11) is 0. The van der Waals surface area contributed by atoms with E-state index in [2.05, 4.69) is 10.9 Å². The van der Waals surface area contributed by atoms with E-state index in [0.717, 1.165) is 6.42 Å². The molecule has 0 unspecified atom stereocenters. The Morgan fingerprint density at radius 3 is 2.52 bits per heavy atom. The number of anilines is 1. The van der Waals surface area contributed by atoms with E-state index < -0.39 is 24.4 Å². The van der Waals surface area contributed by atoms with Gasteiger partial charge >= 0.3 is 11.9 Å². The van der Waals surface area contributed by atoms with E-state index in [1.165, 1.54) is 30.5 Å². The fourth-order valence-electron chi connectivity index (χ4n) is 2.54. The zero-order valence-corrected chi connectivity index (χ0v) is 14.3. The van der Waals surface area contributed by atoms with Crippen LogP contribution in [-0.4, -0.2) is 36.8 Å².